The number of carboxylic acid groups (broad SMARTS) is 1. The second kappa shape index (κ2) is 6.04. The quantitative estimate of drug-likeness (QED) is 0.812. The average Bonchev–Trinajstić information content (AvgIpc) is 2.77. The topological polar surface area (TPSA) is 70.1 Å². The number of likely N-dealkylation sites (N-methyl/N-ethyl adjacent to an activating group) is 1. The molecule has 2 atom stereocenters. The highest BCUT2D eigenvalue weighted by molar-refractivity contribution is 5.77. The van der Waals surface area contributed by atoms with Crippen molar-refractivity contribution in [2.75, 3.05) is 26.8 Å². The molecule has 6 nitrogen and oxygen atoms in total. The van der Waals surface area contributed by atoms with Gasteiger partial charge in [0.15, 0.2) is 0 Å². The zero-order valence-corrected chi connectivity index (χ0v) is 11.4. The molecule has 2 unspecified atom stereocenters. The molecule has 0 saturated carbocycles. The van der Waals surface area contributed by atoms with Crippen LogP contribution in [0, 0.1) is 5.92 Å². The monoisotopic (exact) mass is 258 g/mol. The standard InChI is InChI=1S/C12H22N2O4/c1-5-14(12(17)13(4)8(2)3)10-7-18-6-9(10)11(15)16/h8-10H,5-7H2,1-4H3,(H,15,16). The summed E-state index contributed by atoms with van der Waals surface area (Å²) < 4.78 is 5.21. The number of rotatable bonds is 4. The molecule has 0 aromatic heterocycles. The second-order valence-corrected chi connectivity index (χ2v) is 4.82. The number of ether oxygens (including phenoxy) is 1. The molecular formula is C12H22N2O4. The Labute approximate surface area is 107 Å². The van der Waals surface area contributed by atoms with Crippen molar-refractivity contribution in [3.05, 3.63) is 0 Å². The number of nitrogens with zero attached hydrogens (tertiary/aromatic N) is 2. The van der Waals surface area contributed by atoms with Gasteiger partial charge in [-0.1, -0.05) is 0 Å². The Kier molecular flexibility index (Phi) is 4.95. The Morgan fingerprint density at radius 1 is 1.39 bits per heavy atom. The Balaban J connectivity index is 2.82. The number of carbonyl (C=O) groups excluding carboxylic acids is 1. The van der Waals surface area contributed by atoms with E-state index in [9.17, 15) is 9.59 Å². The molecule has 0 spiro atoms. The van der Waals surface area contributed by atoms with Gasteiger partial charge < -0.3 is 19.6 Å². The SMILES string of the molecule is CCN(C(=O)N(C)C(C)C)C1COCC1C(=O)O. The van der Waals surface area contributed by atoms with Crippen LogP contribution in [0.25, 0.3) is 0 Å². The molecule has 1 aliphatic heterocycles. The molecule has 1 heterocycles. The highest BCUT2D eigenvalue weighted by Crippen LogP contribution is 2.21. The van der Waals surface area contributed by atoms with Crippen LogP contribution in [0.5, 0.6) is 0 Å². The zero-order valence-electron chi connectivity index (χ0n) is 11.4. The summed E-state index contributed by atoms with van der Waals surface area (Å²) in [5.41, 5.74) is 0. The summed E-state index contributed by atoms with van der Waals surface area (Å²) in [5, 5.41) is 9.13. The highest BCUT2D eigenvalue weighted by Gasteiger charge is 2.40. The number of hydrogen-bond donors (Lipinski definition) is 1. The normalized spacial score (nSPS) is 23.2. The molecule has 1 rings (SSSR count). The first-order valence-electron chi connectivity index (χ1n) is 6.24. The number of hydrogen-bond acceptors (Lipinski definition) is 3. The van der Waals surface area contributed by atoms with Crippen LogP contribution in [0.1, 0.15) is 20.8 Å². The fourth-order valence-electron chi connectivity index (χ4n) is 2.02. The number of amides is 2. The van der Waals surface area contributed by atoms with Gasteiger partial charge in [0.25, 0.3) is 0 Å². The van der Waals surface area contributed by atoms with Gasteiger partial charge in [0.1, 0.15) is 5.92 Å². The molecule has 1 saturated heterocycles. The minimum Gasteiger partial charge on any atom is -0.481 e. The largest absolute Gasteiger partial charge is 0.481 e. The fourth-order valence-corrected chi connectivity index (χ4v) is 2.02. The van der Waals surface area contributed by atoms with Gasteiger partial charge in [0.2, 0.25) is 0 Å². The predicted octanol–water partition coefficient (Wildman–Crippen LogP) is 0.868. The smallest absolute Gasteiger partial charge is 0.320 e. The first-order valence-corrected chi connectivity index (χ1v) is 6.24. The maximum Gasteiger partial charge on any atom is 0.320 e. The van der Waals surface area contributed by atoms with E-state index in [0.717, 1.165) is 0 Å². The van der Waals surface area contributed by atoms with Gasteiger partial charge in [0.05, 0.1) is 19.3 Å². The summed E-state index contributed by atoms with van der Waals surface area (Å²) in [7, 11) is 1.72. The Bertz CT molecular complexity index is 319. The van der Waals surface area contributed by atoms with E-state index in [0.29, 0.717) is 13.2 Å². The maximum absolute atomic E-state index is 12.3. The third-order valence-electron chi connectivity index (χ3n) is 3.43. The van der Waals surface area contributed by atoms with Crippen LogP contribution in [-0.2, 0) is 9.53 Å². The van der Waals surface area contributed by atoms with Crippen LogP contribution in [-0.4, -0.2) is 65.8 Å². The lowest BCUT2D eigenvalue weighted by atomic mass is 10.0. The molecule has 0 aromatic rings. The minimum absolute atomic E-state index is 0.0807. The van der Waals surface area contributed by atoms with Crippen LogP contribution >= 0.6 is 0 Å². The van der Waals surface area contributed by atoms with Gasteiger partial charge in [-0.15, -0.1) is 0 Å². The van der Waals surface area contributed by atoms with Crippen LogP contribution in [0.15, 0.2) is 0 Å². The van der Waals surface area contributed by atoms with Gasteiger partial charge in [-0.05, 0) is 20.8 Å². The van der Waals surface area contributed by atoms with Gasteiger partial charge in [-0.2, -0.15) is 0 Å². The van der Waals surface area contributed by atoms with E-state index < -0.39 is 11.9 Å². The second-order valence-electron chi connectivity index (χ2n) is 4.82. The van der Waals surface area contributed by atoms with Crippen LogP contribution in [0.2, 0.25) is 0 Å². The van der Waals surface area contributed by atoms with Crippen LogP contribution < -0.4 is 0 Å². The number of carbonyl (C=O) groups is 2. The molecule has 1 aliphatic rings. The van der Waals surface area contributed by atoms with Crippen molar-refractivity contribution < 1.29 is 19.4 Å². The third kappa shape index (κ3) is 2.93. The van der Waals surface area contributed by atoms with Gasteiger partial charge in [0, 0.05) is 19.6 Å². The van der Waals surface area contributed by atoms with E-state index >= 15 is 0 Å². The molecule has 1 fully saturated rings. The van der Waals surface area contributed by atoms with E-state index in [-0.39, 0.29) is 24.7 Å². The zero-order chi connectivity index (χ0) is 13.9. The third-order valence-corrected chi connectivity index (χ3v) is 3.43. The summed E-state index contributed by atoms with van der Waals surface area (Å²) in [6.07, 6.45) is 0. The van der Waals surface area contributed by atoms with Crippen LogP contribution in [0.4, 0.5) is 4.79 Å². The molecule has 6 heteroatoms. The molecule has 0 aromatic carbocycles. The average molecular weight is 258 g/mol. The van der Waals surface area contributed by atoms with Gasteiger partial charge in [-0.25, -0.2) is 4.79 Å². The fraction of sp³-hybridized carbons (Fsp3) is 0.833. The van der Waals surface area contributed by atoms with Crippen molar-refractivity contribution in [3.8, 4) is 0 Å². The first kappa shape index (κ1) is 14.8. The van der Waals surface area contributed by atoms with Crippen molar-refractivity contribution in [2.45, 2.75) is 32.9 Å². The molecule has 1 N–H and O–H groups in total. The van der Waals surface area contributed by atoms with E-state index in [2.05, 4.69) is 0 Å². The molecule has 104 valence electrons. The van der Waals surface area contributed by atoms with E-state index in [1.165, 1.54) is 0 Å². The Morgan fingerprint density at radius 3 is 2.44 bits per heavy atom. The molecule has 0 radical (unpaired) electrons. The number of aliphatic carboxylic acids is 1. The van der Waals surface area contributed by atoms with Crippen molar-refractivity contribution >= 4 is 12.0 Å². The predicted molar refractivity (Wildman–Crippen MR) is 66.4 cm³/mol. The molecule has 18 heavy (non-hydrogen) atoms. The van der Waals surface area contributed by atoms with Gasteiger partial charge >= 0.3 is 12.0 Å². The molecular weight excluding hydrogens is 236 g/mol. The van der Waals surface area contributed by atoms with Crippen molar-refractivity contribution in [2.24, 2.45) is 5.92 Å². The molecule has 2 amide bonds. The number of urea groups is 1. The van der Waals surface area contributed by atoms with Crippen molar-refractivity contribution in [3.63, 3.8) is 0 Å². The molecule has 0 bridgehead atoms. The first-order chi connectivity index (χ1) is 8.40. The summed E-state index contributed by atoms with van der Waals surface area (Å²) in [6.45, 7) is 6.64. The van der Waals surface area contributed by atoms with Crippen molar-refractivity contribution in [1.29, 1.82) is 0 Å². The molecule has 0 aliphatic carbocycles. The number of carboxylic acids is 1. The lowest BCUT2D eigenvalue weighted by Crippen LogP contribution is -2.52. The van der Waals surface area contributed by atoms with Gasteiger partial charge in [-0.3, -0.25) is 4.79 Å². The minimum atomic E-state index is -0.907. The van der Waals surface area contributed by atoms with E-state index in [4.69, 9.17) is 9.84 Å². The summed E-state index contributed by atoms with van der Waals surface area (Å²) in [6, 6.07) is -0.437. The summed E-state index contributed by atoms with van der Waals surface area (Å²) in [4.78, 5) is 26.6. The highest BCUT2D eigenvalue weighted by atomic mass is 16.5. The van der Waals surface area contributed by atoms with Crippen LogP contribution in [0.3, 0.4) is 0 Å². The van der Waals surface area contributed by atoms with E-state index in [1.54, 1.807) is 16.8 Å². The summed E-state index contributed by atoms with van der Waals surface area (Å²) in [5.74, 6) is -1.54. The van der Waals surface area contributed by atoms with Crippen molar-refractivity contribution in [1.82, 2.24) is 9.80 Å². The summed E-state index contributed by atoms with van der Waals surface area (Å²) >= 11 is 0. The maximum atomic E-state index is 12.3. The van der Waals surface area contributed by atoms with E-state index in [1.807, 2.05) is 20.8 Å². The lowest BCUT2D eigenvalue weighted by Gasteiger charge is -2.34. The Morgan fingerprint density at radius 2 is 2.00 bits per heavy atom. The Hall–Kier alpha value is -1.30. The lowest BCUT2D eigenvalue weighted by molar-refractivity contribution is -0.142.